The van der Waals surface area contributed by atoms with Gasteiger partial charge in [0.15, 0.2) is 11.1 Å². The van der Waals surface area contributed by atoms with Crippen molar-refractivity contribution < 1.29 is 4.74 Å². The van der Waals surface area contributed by atoms with E-state index in [0.717, 1.165) is 49.4 Å². The van der Waals surface area contributed by atoms with Crippen molar-refractivity contribution in [3.63, 3.8) is 0 Å². The predicted octanol–water partition coefficient (Wildman–Crippen LogP) is 1.52. The van der Waals surface area contributed by atoms with Crippen LogP contribution in [0.4, 0.5) is 5.13 Å². The average Bonchev–Trinajstić information content (AvgIpc) is 3.35. The van der Waals surface area contributed by atoms with Crippen molar-refractivity contribution in [2.24, 2.45) is 4.99 Å². The minimum Gasteiger partial charge on any atom is -0.381 e. The zero-order valence-electron chi connectivity index (χ0n) is 16.3. The molecule has 0 saturated carbocycles. The van der Waals surface area contributed by atoms with Gasteiger partial charge in [0.05, 0.1) is 12.2 Å². The van der Waals surface area contributed by atoms with Crippen molar-refractivity contribution in [1.29, 1.82) is 0 Å². The van der Waals surface area contributed by atoms with Gasteiger partial charge in [0, 0.05) is 51.8 Å². The first kappa shape index (κ1) is 19.4. The molecule has 0 aliphatic carbocycles. The first-order chi connectivity index (χ1) is 12.6. The number of nitrogens with one attached hydrogen (secondary N) is 2. The van der Waals surface area contributed by atoms with E-state index in [1.165, 1.54) is 25.9 Å². The number of ether oxygens (including phenoxy) is 1. The SMILES string of the molecule is CN=C(NCc1csc(N(C)C)n1)NCC1(N2CCCC2)CCOCC1. The van der Waals surface area contributed by atoms with Crippen molar-refractivity contribution in [3.05, 3.63) is 11.1 Å². The van der Waals surface area contributed by atoms with E-state index in [9.17, 15) is 0 Å². The number of hydrogen-bond donors (Lipinski definition) is 2. The van der Waals surface area contributed by atoms with E-state index in [-0.39, 0.29) is 5.54 Å². The summed E-state index contributed by atoms with van der Waals surface area (Å²) in [5.74, 6) is 0.842. The van der Waals surface area contributed by atoms with Crippen LogP contribution in [-0.2, 0) is 11.3 Å². The first-order valence-electron chi connectivity index (χ1n) is 9.52. The molecule has 2 saturated heterocycles. The summed E-state index contributed by atoms with van der Waals surface area (Å²) in [6.45, 7) is 5.73. The molecule has 2 fully saturated rings. The lowest BCUT2D eigenvalue weighted by Crippen LogP contribution is -2.58. The molecule has 2 aliphatic rings. The number of guanidine groups is 1. The topological polar surface area (TPSA) is 65.0 Å². The fraction of sp³-hybridized carbons (Fsp3) is 0.778. The molecule has 2 N–H and O–H groups in total. The Balaban J connectivity index is 1.54. The predicted molar refractivity (Wildman–Crippen MR) is 108 cm³/mol. The van der Waals surface area contributed by atoms with Gasteiger partial charge >= 0.3 is 0 Å². The monoisotopic (exact) mass is 380 g/mol. The van der Waals surface area contributed by atoms with E-state index < -0.39 is 0 Å². The van der Waals surface area contributed by atoms with E-state index in [1.54, 1.807) is 11.3 Å². The van der Waals surface area contributed by atoms with Gasteiger partial charge in [-0.25, -0.2) is 4.98 Å². The summed E-state index contributed by atoms with van der Waals surface area (Å²) in [6.07, 6.45) is 4.81. The fourth-order valence-corrected chi connectivity index (χ4v) is 4.53. The molecule has 0 radical (unpaired) electrons. The molecule has 3 rings (SSSR count). The van der Waals surface area contributed by atoms with Crippen LogP contribution in [0.3, 0.4) is 0 Å². The van der Waals surface area contributed by atoms with E-state index >= 15 is 0 Å². The molecule has 7 nitrogen and oxygen atoms in total. The van der Waals surface area contributed by atoms with Crippen LogP contribution < -0.4 is 15.5 Å². The van der Waals surface area contributed by atoms with Crippen LogP contribution in [0.15, 0.2) is 10.4 Å². The summed E-state index contributed by atoms with van der Waals surface area (Å²) < 4.78 is 5.63. The number of nitrogens with zero attached hydrogens (tertiary/aromatic N) is 4. The molecule has 1 aromatic heterocycles. The van der Waals surface area contributed by atoms with Gasteiger partial charge in [-0.2, -0.15) is 0 Å². The molecular formula is C18H32N6OS. The Morgan fingerprint density at radius 1 is 1.31 bits per heavy atom. The molecule has 0 aromatic carbocycles. The summed E-state index contributed by atoms with van der Waals surface area (Å²) in [4.78, 5) is 13.7. The largest absolute Gasteiger partial charge is 0.381 e. The highest BCUT2D eigenvalue weighted by Gasteiger charge is 2.39. The van der Waals surface area contributed by atoms with Gasteiger partial charge in [0.1, 0.15) is 0 Å². The van der Waals surface area contributed by atoms with Crippen LogP contribution in [0.2, 0.25) is 0 Å². The third-order valence-electron chi connectivity index (χ3n) is 5.37. The third kappa shape index (κ3) is 4.66. The minimum atomic E-state index is 0.199. The summed E-state index contributed by atoms with van der Waals surface area (Å²) >= 11 is 1.66. The normalized spacial score (nSPS) is 21.0. The maximum Gasteiger partial charge on any atom is 0.191 e. The number of aliphatic imine (C=N–C) groups is 1. The Kier molecular flexibility index (Phi) is 6.72. The van der Waals surface area contributed by atoms with Crippen molar-refractivity contribution in [1.82, 2.24) is 20.5 Å². The lowest BCUT2D eigenvalue weighted by atomic mass is 9.88. The molecule has 0 unspecified atom stereocenters. The highest BCUT2D eigenvalue weighted by atomic mass is 32.1. The third-order valence-corrected chi connectivity index (χ3v) is 6.43. The summed E-state index contributed by atoms with van der Waals surface area (Å²) in [6, 6.07) is 0. The average molecular weight is 381 g/mol. The number of thiazole rings is 1. The Morgan fingerprint density at radius 3 is 2.65 bits per heavy atom. The molecule has 0 spiro atoms. The van der Waals surface area contributed by atoms with Crippen LogP contribution in [0.25, 0.3) is 0 Å². The molecule has 0 atom stereocenters. The van der Waals surface area contributed by atoms with Crippen LogP contribution >= 0.6 is 11.3 Å². The van der Waals surface area contributed by atoms with Gasteiger partial charge in [-0.3, -0.25) is 9.89 Å². The molecule has 146 valence electrons. The highest BCUT2D eigenvalue weighted by Crippen LogP contribution is 2.30. The van der Waals surface area contributed by atoms with E-state index in [4.69, 9.17) is 4.74 Å². The number of likely N-dealkylation sites (tertiary alicyclic amines) is 1. The van der Waals surface area contributed by atoms with Gasteiger partial charge in [-0.05, 0) is 38.8 Å². The van der Waals surface area contributed by atoms with Gasteiger partial charge in [0.2, 0.25) is 0 Å². The lowest BCUT2D eigenvalue weighted by molar-refractivity contribution is -0.0164. The second kappa shape index (κ2) is 9.01. The zero-order valence-corrected chi connectivity index (χ0v) is 17.1. The van der Waals surface area contributed by atoms with Crippen LogP contribution in [0.1, 0.15) is 31.4 Å². The molecule has 8 heteroatoms. The zero-order chi connectivity index (χ0) is 18.4. The molecule has 2 aliphatic heterocycles. The standard InChI is InChI=1S/C18H32N6OS/c1-19-16(20-12-15-13-26-17(22-15)23(2)3)21-14-18(6-10-25-11-7-18)24-8-4-5-9-24/h13H,4-12,14H2,1-3H3,(H2,19,20,21). The minimum absolute atomic E-state index is 0.199. The lowest BCUT2D eigenvalue weighted by Gasteiger charge is -2.45. The van der Waals surface area contributed by atoms with E-state index in [0.29, 0.717) is 6.54 Å². The van der Waals surface area contributed by atoms with Gasteiger partial charge in [0.25, 0.3) is 0 Å². The van der Waals surface area contributed by atoms with Gasteiger partial charge in [-0.1, -0.05) is 0 Å². The molecule has 1 aromatic rings. The summed E-state index contributed by atoms with van der Waals surface area (Å²) in [5, 5.41) is 10.1. The second-order valence-corrected chi connectivity index (χ2v) is 8.16. The maximum absolute atomic E-state index is 5.63. The molecule has 0 amide bonds. The van der Waals surface area contributed by atoms with Crippen molar-refractivity contribution in [2.45, 2.75) is 37.8 Å². The smallest absolute Gasteiger partial charge is 0.191 e. The van der Waals surface area contributed by atoms with Crippen molar-refractivity contribution >= 4 is 22.4 Å². The maximum atomic E-state index is 5.63. The molecule has 3 heterocycles. The van der Waals surface area contributed by atoms with Gasteiger partial charge < -0.3 is 20.3 Å². The van der Waals surface area contributed by atoms with Crippen molar-refractivity contribution in [2.75, 3.05) is 58.9 Å². The number of hydrogen-bond acceptors (Lipinski definition) is 6. The molecular weight excluding hydrogens is 348 g/mol. The Labute approximate surface area is 160 Å². The summed E-state index contributed by atoms with van der Waals surface area (Å²) in [5.41, 5.74) is 1.24. The first-order valence-corrected chi connectivity index (χ1v) is 10.4. The molecule has 26 heavy (non-hydrogen) atoms. The van der Waals surface area contributed by atoms with Crippen molar-refractivity contribution in [3.8, 4) is 0 Å². The number of rotatable bonds is 6. The fourth-order valence-electron chi connectivity index (χ4n) is 3.77. The summed E-state index contributed by atoms with van der Waals surface area (Å²) in [7, 11) is 5.86. The van der Waals surface area contributed by atoms with Crippen LogP contribution in [-0.4, -0.2) is 75.4 Å². The highest BCUT2D eigenvalue weighted by molar-refractivity contribution is 7.13. The Hall–Kier alpha value is -1.38. The van der Waals surface area contributed by atoms with Gasteiger partial charge in [-0.15, -0.1) is 11.3 Å². The quantitative estimate of drug-likeness (QED) is 0.576. The van der Waals surface area contributed by atoms with E-state index in [2.05, 4.69) is 30.9 Å². The number of aromatic nitrogens is 1. The second-order valence-electron chi connectivity index (χ2n) is 7.33. The molecule has 0 bridgehead atoms. The van der Waals surface area contributed by atoms with Crippen LogP contribution in [0.5, 0.6) is 0 Å². The number of anilines is 1. The Morgan fingerprint density at radius 2 is 2.04 bits per heavy atom. The van der Waals surface area contributed by atoms with E-state index in [1.807, 2.05) is 26.0 Å². The van der Waals surface area contributed by atoms with Crippen LogP contribution in [0, 0.1) is 0 Å². The Bertz CT molecular complexity index is 590.